The number of halogens is 1. The lowest BCUT2D eigenvalue weighted by Crippen LogP contribution is -2.40. The van der Waals surface area contributed by atoms with E-state index in [2.05, 4.69) is 33.5 Å². The molecule has 0 radical (unpaired) electrons. The molecule has 10 heteroatoms. The second-order valence-corrected chi connectivity index (χ2v) is 11.3. The molecule has 0 aliphatic carbocycles. The maximum absolute atomic E-state index is 12.7. The smallest absolute Gasteiger partial charge is 0.233 e. The predicted molar refractivity (Wildman–Crippen MR) is 130 cm³/mol. The molecule has 0 aromatic carbocycles. The topological polar surface area (TPSA) is 67.4 Å². The first-order valence-corrected chi connectivity index (χ1v) is 12.9. The Bertz CT molecular complexity index is 1030. The van der Waals surface area contributed by atoms with Crippen LogP contribution < -0.4 is 4.90 Å². The first kappa shape index (κ1) is 23.2. The summed E-state index contributed by atoms with van der Waals surface area (Å²) >= 11 is 8.91. The van der Waals surface area contributed by atoms with Crippen LogP contribution in [0.2, 0.25) is 4.34 Å². The molecule has 1 amide bonds. The fourth-order valence-electron chi connectivity index (χ4n) is 4.14. The van der Waals surface area contributed by atoms with Gasteiger partial charge in [0, 0.05) is 25.0 Å². The van der Waals surface area contributed by atoms with Gasteiger partial charge in [-0.3, -0.25) is 9.36 Å². The Morgan fingerprint density at radius 2 is 2.06 bits per heavy atom. The summed E-state index contributed by atoms with van der Waals surface area (Å²) < 4.78 is 8.39. The predicted octanol–water partition coefficient (Wildman–Crippen LogP) is 4.87. The number of amides is 1. The molecule has 0 N–H and O–H groups in total. The van der Waals surface area contributed by atoms with Gasteiger partial charge in [0.15, 0.2) is 5.16 Å². The second-order valence-electron chi connectivity index (χ2n) is 8.54. The van der Waals surface area contributed by atoms with Crippen LogP contribution in [-0.4, -0.2) is 51.5 Å². The molecule has 1 fully saturated rings. The van der Waals surface area contributed by atoms with Crippen LogP contribution in [0.5, 0.6) is 0 Å². The van der Waals surface area contributed by atoms with Gasteiger partial charge in [0.2, 0.25) is 11.9 Å². The molecule has 1 aliphatic heterocycles. The number of hydrogen-bond acceptors (Lipinski definition) is 7. The van der Waals surface area contributed by atoms with E-state index < -0.39 is 0 Å². The number of anilines is 1. The van der Waals surface area contributed by atoms with Crippen molar-refractivity contribution in [1.29, 1.82) is 0 Å². The van der Waals surface area contributed by atoms with E-state index in [0.717, 1.165) is 39.2 Å². The number of piperidine rings is 1. The van der Waals surface area contributed by atoms with Crippen molar-refractivity contribution in [2.45, 2.75) is 38.5 Å². The fourth-order valence-corrected chi connectivity index (χ4v) is 6.15. The quantitative estimate of drug-likeness (QED) is 0.417. The average molecular weight is 494 g/mol. The molecule has 7 nitrogen and oxygen atoms in total. The van der Waals surface area contributed by atoms with Gasteiger partial charge in [-0.2, -0.15) is 0 Å². The number of furan rings is 1. The largest absolute Gasteiger partial charge is 0.467 e. The number of nitrogens with zero attached hydrogens (tertiary/aromatic N) is 5. The van der Waals surface area contributed by atoms with Gasteiger partial charge < -0.3 is 14.2 Å². The SMILES string of the molecule is CC1CC(C)CN(c2nnc(SCC(=O)N(C)Cc3ccc(Cl)s3)n2Cc2ccco2)C1. The normalized spacial score (nSPS) is 18.8. The van der Waals surface area contributed by atoms with Crippen LogP contribution in [0.25, 0.3) is 0 Å². The molecule has 1 aliphatic rings. The Morgan fingerprint density at radius 1 is 1.28 bits per heavy atom. The van der Waals surface area contributed by atoms with E-state index in [0.29, 0.717) is 30.7 Å². The van der Waals surface area contributed by atoms with Gasteiger partial charge in [0.25, 0.3) is 0 Å². The zero-order valence-corrected chi connectivity index (χ0v) is 20.9. The van der Waals surface area contributed by atoms with Crippen molar-refractivity contribution in [2.75, 3.05) is 30.8 Å². The van der Waals surface area contributed by atoms with Gasteiger partial charge in [0.1, 0.15) is 5.76 Å². The van der Waals surface area contributed by atoms with Gasteiger partial charge >= 0.3 is 0 Å². The molecule has 3 aromatic heterocycles. The molecule has 0 spiro atoms. The third-order valence-electron chi connectivity index (χ3n) is 5.52. The molecule has 0 saturated carbocycles. The van der Waals surface area contributed by atoms with Crippen molar-refractivity contribution in [3.8, 4) is 0 Å². The van der Waals surface area contributed by atoms with Crippen LogP contribution in [0.3, 0.4) is 0 Å². The van der Waals surface area contributed by atoms with Crippen LogP contribution in [-0.2, 0) is 17.9 Å². The lowest BCUT2D eigenvalue weighted by atomic mass is 9.92. The Kier molecular flexibility index (Phi) is 7.48. The first-order valence-electron chi connectivity index (χ1n) is 10.7. The average Bonchev–Trinajstić information content (AvgIpc) is 3.48. The molecular weight excluding hydrogens is 466 g/mol. The number of carbonyl (C=O) groups is 1. The van der Waals surface area contributed by atoms with E-state index in [1.54, 1.807) is 11.2 Å². The van der Waals surface area contributed by atoms with Crippen molar-refractivity contribution >= 4 is 46.6 Å². The lowest BCUT2D eigenvalue weighted by Gasteiger charge is -2.35. The molecule has 3 aromatic rings. The van der Waals surface area contributed by atoms with Gasteiger partial charge in [-0.05, 0) is 42.5 Å². The van der Waals surface area contributed by atoms with Gasteiger partial charge in [-0.15, -0.1) is 21.5 Å². The lowest BCUT2D eigenvalue weighted by molar-refractivity contribution is -0.127. The number of aromatic nitrogens is 3. The first-order chi connectivity index (χ1) is 15.4. The number of thiophene rings is 1. The molecule has 2 atom stereocenters. The van der Waals surface area contributed by atoms with E-state index >= 15 is 0 Å². The highest BCUT2D eigenvalue weighted by atomic mass is 35.5. The minimum Gasteiger partial charge on any atom is -0.467 e. The molecule has 2 unspecified atom stereocenters. The monoisotopic (exact) mass is 493 g/mol. The van der Waals surface area contributed by atoms with Crippen molar-refractivity contribution in [3.05, 3.63) is 45.5 Å². The highest BCUT2D eigenvalue weighted by Gasteiger charge is 2.27. The molecule has 1 saturated heterocycles. The van der Waals surface area contributed by atoms with Crippen LogP contribution in [0.4, 0.5) is 5.95 Å². The second kappa shape index (κ2) is 10.3. The zero-order valence-electron chi connectivity index (χ0n) is 18.5. The van der Waals surface area contributed by atoms with E-state index in [9.17, 15) is 4.79 Å². The van der Waals surface area contributed by atoms with Crippen LogP contribution in [0.1, 0.15) is 30.9 Å². The van der Waals surface area contributed by atoms with Gasteiger partial charge in [-0.1, -0.05) is 37.2 Å². The molecular formula is C22H28ClN5O2S2. The minimum absolute atomic E-state index is 0.0360. The maximum atomic E-state index is 12.7. The van der Waals surface area contributed by atoms with Crippen molar-refractivity contribution in [1.82, 2.24) is 19.7 Å². The maximum Gasteiger partial charge on any atom is 0.233 e. The third kappa shape index (κ3) is 5.68. The van der Waals surface area contributed by atoms with Gasteiger partial charge in [-0.25, -0.2) is 0 Å². The number of hydrogen-bond donors (Lipinski definition) is 0. The number of carbonyl (C=O) groups excluding carboxylic acids is 1. The Labute approximate surface area is 201 Å². The summed E-state index contributed by atoms with van der Waals surface area (Å²) in [5, 5.41) is 9.69. The minimum atomic E-state index is 0.0360. The summed E-state index contributed by atoms with van der Waals surface area (Å²) in [5.74, 6) is 3.21. The van der Waals surface area contributed by atoms with Crippen molar-refractivity contribution in [3.63, 3.8) is 0 Å². The zero-order chi connectivity index (χ0) is 22.7. The summed E-state index contributed by atoms with van der Waals surface area (Å²) in [4.78, 5) is 17.8. The van der Waals surface area contributed by atoms with E-state index in [1.165, 1.54) is 29.5 Å². The van der Waals surface area contributed by atoms with Crippen molar-refractivity contribution < 1.29 is 9.21 Å². The summed E-state index contributed by atoms with van der Waals surface area (Å²) in [6.07, 6.45) is 2.90. The third-order valence-corrected chi connectivity index (χ3v) is 7.68. The molecule has 172 valence electrons. The summed E-state index contributed by atoms with van der Waals surface area (Å²) in [5.41, 5.74) is 0. The summed E-state index contributed by atoms with van der Waals surface area (Å²) in [7, 11) is 1.81. The highest BCUT2D eigenvalue weighted by Crippen LogP contribution is 2.29. The summed E-state index contributed by atoms with van der Waals surface area (Å²) in [6.45, 7) is 7.55. The number of thioether (sulfide) groups is 1. The molecule has 0 bridgehead atoms. The van der Waals surface area contributed by atoms with Crippen LogP contribution in [0, 0.1) is 11.8 Å². The molecule has 4 rings (SSSR count). The Hall–Kier alpha value is -1.97. The Morgan fingerprint density at radius 3 is 2.72 bits per heavy atom. The molecule has 4 heterocycles. The van der Waals surface area contributed by atoms with E-state index in [1.807, 2.05) is 31.3 Å². The van der Waals surface area contributed by atoms with E-state index in [-0.39, 0.29) is 5.91 Å². The van der Waals surface area contributed by atoms with Crippen LogP contribution in [0.15, 0.2) is 40.1 Å². The molecule has 32 heavy (non-hydrogen) atoms. The van der Waals surface area contributed by atoms with Gasteiger partial charge in [0.05, 0.1) is 29.4 Å². The Balaban J connectivity index is 1.47. The summed E-state index contributed by atoms with van der Waals surface area (Å²) in [6, 6.07) is 7.64. The van der Waals surface area contributed by atoms with E-state index in [4.69, 9.17) is 16.0 Å². The highest BCUT2D eigenvalue weighted by molar-refractivity contribution is 7.99. The standard InChI is InChI=1S/C22H28ClN5O2S2/c1-15-9-16(2)11-27(10-15)21-24-25-22(28(21)12-17-5-4-8-30-17)31-14-20(29)26(3)13-18-6-7-19(23)32-18/h4-8,15-16H,9-14H2,1-3H3. The fraction of sp³-hybridized carbons (Fsp3) is 0.500. The number of rotatable bonds is 8. The van der Waals surface area contributed by atoms with Crippen molar-refractivity contribution in [2.24, 2.45) is 11.8 Å². The van der Waals surface area contributed by atoms with Crippen LogP contribution >= 0.6 is 34.7 Å².